The van der Waals surface area contributed by atoms with E-state index in [1.165, 1.54) is 0 Å². The van der Waals surface area contributed by atoms with Crippen LogP contribution >= 0.6 is 0 Å². The van der Waals surface area contributed by atoms with Crippen molar-refractivity contribution >= 4 is 17.5 Å². The van der Waals surface area contributed by atoms with Crippen molar-refractivity contribution < 1.29 is 14.3 Å². The van der Waals surface area contributed by atoms with Crippen molar-refractivity contribution in [3.05, 3.63) is 59.7 Å². The van der Waals surface area contributed by atoms with Gasteiger partial charge in [-0.3, -0.25) is 9.59 Å². The summed E-state index contributed by atoms with van der Waals surface area (Å²) in [6.07, 6.45) is 6.36. The quantitative estimate of drug-likeness (QED) is 0.749. The van der Waals surface area contributed by atoms with Gasteiger partial charge in [0.25, 0.3) is 0 Å². The van der Waals surface area contributed by atoms with Gasteiger partial charge in [-0.25, -0.2) is 0 Å². The molecule has 152 valence electrons. The Hall–Kier alpha value is -2.82. The van der Waals surface area contributed by atoms with Crippen molar-refractivity contribution in [2.24, 2.45) is 0 Å². The molecule has 2 aliphatic rings. The van der Waals surface area contributed by atoms with Gasteiger partial charge in [0.1, 0.15) is 5.75 Å². The monoisotopic (exact) mass is 392 g/mol. The molecule has 2 aliphatic carbocycles. The van der Waals surface area contributed by atoms with E-state index >= 15 is 0 Å². The second-order valence-corrected chi connectivity index (χ2v) is 8.19. The summed E-state index contributed by atoms with van der Waals surface area (Å²) in [5.41, 5.74) is 2.27. The van der Waals surface area contributed by atoms with Crippen molar-refractivity contribution in [1.29, 1.82) is 0 Å². The number of hydrogen-bond donors (Lipinski definition) is 2. The highest BCUT2D eigenvalue weighted by Gasteiger charge is 2.42. The molecular formula is C24H28N2O3. The number of benzene rings is 2. The Balaban J connectivity index is 1.44. The summed E-state index contributed by atoms with van der Waals surface area (Å²) in [7, 11) is 1.65. The minimum absolute atomic E-state index is 0.0411. The molecule has 2 amide bonds. The van der Waals surface area contributed by atoms with Gasteiger partial charge >= 0.3 is 0 Å². The van der Waals surface area contributed by atoms with Crippen molar-refractivity contribution in [2.45, 2.75) is 56.4 Å². The minimum Gasteiger partial charge on any atom is -0.497 e. The van der Waals surface area contributed by atoms with E-state index in [2.05, 4.69) is 10.6 Å². The van der Waals surface area contributed by atoms with Crippen molar-refractivity contribution in [3.8, 4) is 5.75 Å². The third-order valence-electron chi connectivity index (χ3n) is 6.05. The van der Waals surface area contributed by atoms with Crippen LogP contribution in [0.2, 0.25) is 0 Å². The largest absolute Gasteiger partial charge is 0.497 e. The van der Waals surface area contributed by atoms with E-state index in [1.807, 2.05) is 48.5 Å². The highest BCUT2D eigenvalue weighted by atomic mass is 16.5. The van der Waals surface area contributed by atoms with Crippen LogP contribution in [0.15, 0.2) is 48.5 Å². The van der Waals surface area contributed by atoms with Gasteiger partial charge in [-0.05, 0) is 61.1 Å². The molecule has 0 unspecified atom stereocenters. The number of anilines is 1. The smallest absolute Gasteiger partial charge is 0.235 e. The van der Waals surface area contributed by atoms with Crippen LogP contribution in [0, 0.1) is 0 Å². The lowest BCUT2D eigenvalue weighted by molar-refractivity contribution is -0.122. The fourth-order valence-corrected chi connectivity index (χ4v) is 4.18. The summed E-state index contributed by atoms with van der Waals surface area (Å²) in [5.74, 6) is 0.900. The third-order valence-corrected chi connectivity index (χ3v) is 6.05. The Morgan fingerprint density at radius 3 is 2.24 bits per heavy atom. The molecule has 0 saturated heterocycles. The molecular weight excluding hydrogens is 364 g/mol. The van der Waals surface area contributed by atoms with Gasteiger partial charge in [-0.15, -0.1) is 0 Å². The van der Waals surface area contributed by atoms with E-state index in [9.17, 15) is 9.59 Å². The second kappa shape index (κ2) is 8.27. The van der Waals surface area contributed by atoms with Crippen molar-refractivity contribution in [3.63, 3.8) is 0 Å². The standard InChI is InChI=1S/C24H28N2O3/c1-29-21-12-6-18(7-13-21)24(14-2-3-15-24)23(28)26-20-8-4-17(5-9-20)16-22(27)25-19-10-11-19/h4-9,12-13,19H,2-3,10-11,14-16H2,1H3,(H,25,27)(H,26,28). The Morgan fingerprint density at radius 2 is 1.66 bits per heavy atom. The van der Waals surface area contributed by atoms with E-state index < -0.39 is 5.41 Å². The van der Waals surface area contributed by atoms with E-state index in [0.717, 1.165) is 61.1 Å². The van der Waals surface area contributed by atoms with E-state index in [4.69, 9.17) is 4.74 Å². The Kier molecular flexibility index (Phi) is 5.56. The molecule has 29 heavy (non-hydrogen) atoms. The number of hydrogen-bond acceptors (Lipinski definition) is 3. The fraction of sp³-hybridized carbons (Fsp3) is 0.417. The van der Waals surface area contributed by atoms with Gasteiger partial charge in [0.05, 0.1) is 18.9 Å². The van der Waals surface area contributed by atoms with Crippen LogP contribution in [0.25, 0.3) is 0 Å². The maximum Gasteiger partial charge on any atom is 0.235 e. The Labute approximate surface area is 171 Å². The third kappa shape index (κ3) is 4.44. The number of carbonyl (C=O) groups excluding carboxylic acids is 2. The summed E-state index contributed by atoms with van der Waals surface area (Å²) in [6.45, 7) is 0. The number of amides is 2. The number of carbonyl (C=O) groups is 2. The summed E-state index contributed by atoms with van der Waals surface area (Å²) in [6, 6.07) is 15.8. The van der Waals surface area contributed by atoms with Crippen LogP contribution in [0.1, 0.15) is 49.7 Å². The predicted octanol–water partition coefficient (Wildman–Crippen LogP) is 3.97. The molecule has 5 nitrogen and oxygen atoms in total. The fourth-order valence-electron chi connectivity index (χ4n) is 4.18. The number of ether oxygens (including phenoxy) is 1. The number of rotatable bonds is 7. The zero-order valence-electron chi connectivity index (χ0n) is 16.9. The van der Waals surface area contributed by atoms with Gasteiger partial charge in [-0.2, -0.15) is 0 Å². The van der Waals surface area contributed by atoms with Crippen LogP contribution in [0.3, 0.4) is 0 Å². The normalized spacial score (nSPS) is 17.6. The molecule has 2 aromatic rings. The van der Waals surface area contributed by atoms with Crippen molar-refractivity contribution in [1.82, 2.24) is 5.32 Å². The van der Waals surface area contributed by atoms with Crippen LogP contribution < -0.4 is 15.4 Å². The molecule has 0 spiro atoms. The first kappa shape index (κ1) is 19.5. The van der Waals surface area contributed by atoms with Crippen molar-refractivity contribution in [2.75, 3.05) is 12.4 Å². The second-order valence-electron chi connectivity index (χ2n) is 8.19. The van der Waals surface area contributed by atoms with Crippen LogP contribution in [-0.4, -0.2) is 25.0 Å². The number of methoxy groups -OCH3 is 1. The highest BCUT2D eigenvalue weighted by Crippen LogP contribution is 2.42. The summed E-state index contributed by atoms with van der Waals surface area (Å²) in [5, 5.41) is 6.10. The molecule has 2 aromatic carbocycles. The molecule has 0 bridgehead atoms. The van der Waals surface area contributed by atoms with Gasteiger partial charge in [-0.1, -0.05) is 37.1 Å². The molecule has 2 N–H and O–H groups in total. The predicted molar refractivity (Wildman–Crippen MR) is 113 cm³/mol. The SMILES string of the molecule is COc1ccc(C2(C(=O)Nc3ccc(CC(=O)NC4CC4)cc3)CCCC2)cc1. The molecule has 0 aliphatic heterocycles. The first-order valence-corrected chi connectivity index (χ1v) is 10.4. The molecule has 0 aromatic heterocycles. The molecule has 0 heterocycles. The lowest BCUT2D eigenvalue weighted by Crippen LogP contribution is -2.38. The van der Waals surface area contributed by atoms with Gasteiger partial charge in [0.15, 0.2) is 0 Å². The molecule has 0 atom stereocenters. The summed E-state index contributed by atoms with van der Waals surface area (Å²) < 4.78 is 5.26. The summed E-state index contributed by atoms with van der Waals surface area (Å²) in [4.78, 5) is 25.2. The zero-order valence-corrected chi connectivity index (χ0v) is 16.9. The average molecular weight is 392 g/mol. The molecule has 2 fully saturated rings. The highest BCUT2D eigenvalue weighted by molar-refractivity contribution is 5.99. The minimum atomic E-state index is -0.491. The summed E-state index contributed by atoms with van der Waals surface area (Å²) >= 11 is 0. The zero-order chi connectivity index (χ0) is 20.3. The maximum absolute atomic E-state index is 13.3. The van der Waals surface area contributed by atoms with E-state index in [-0.39, 0.29) is 11.8 Å². The molecule has 5 heteroatoms. The molecule has 4 rings (SSSR count). The molecule has 2 saturated carbocycles. The Bertz CT molecular complexity index is 864. The van der Waals surface area contributed by atoms with Crippen LogP contribution in [-0.2, 0) is 21.4 Å². The maximum atomic E-state index is 13.3. The van der Waals surface area contributed by atoms with E-state index in [0.29, 0.717) is 12.5 Å². The van der Waals surface area contributed by atoms with E-state index in [1.54, 1.807) is 7.11 Å². The van der Waals surface area contributed by atoms with Gasteiger partial charge in [0, 0.05) is 11.7 Å². The Morgan fingerprint density at radius 1 is 1.00 bits per heavy atom. The first-order chi connectivity index (χ1) is 14.1. The van der Waals surface area contributed by atoms with Crippen LogP contribution in [0.5, 0.6) is 5.75 Å². The lowest BCUT2D eigenvalue weighted by Gasteiger charge is -2.28. The number of nitrogens with one attached hydrogen (secondary N) is 2. The average Bonchev–Trinajstić information content (AvgIpc) is 3.40. The topological polar surface area (TPSA) is 67.4 Å². The van der Waals surface area contributed by atoms with Crippen LogP contribution in [0.4, 0.5) is 5.69 Å². The lowest BCUT2D eigenvalue weighted by atomic mass is 9.78. The van der Waals surface area contributed by atoms with Gasteiger partial charge in [0.2, 0.25) is 11.8 Å². The molecule has 0 radical (unpaired) electrons. The first-order valence-electron chi connectivity index (χ1n) is 10.4. The van der Waals surface area contributed by atoms with Gasteiger partial charge < -0.3 is 15.4 Å².